The highest BCUT2D eigenvalue weighted by Crippen LogP contribution is 2.16. The van der Waals surface area contributed by atoms with Crippen LogP contribution in [-0.2, 0) is 4.79 Å². The summed E-state index contributed by atoms with van der Waals surface area (Å²) in [6.45, 7) is 3.98. The number of carbonyl (C=O) groups is 1. The molecule has 0 spiro atoms. The van der Waals surface area contributed by atoms with E-state index in [9.17, 15) is 9.18 Å². The van der Waals surface area contributed by atoms with Gasteiger partial charge in [0.25, 0.3) is 5.91 Å². The molecular formula is C18H21BrFN2O+. The van der Waals surface area contributed by atoms with Crippen molar-refractivity contribution in [3.05, 3.63) is 64.4 Å². The lowest BCUT2D eigenvalue weighted by atomic mass is 10.0. The Morgan fingerprint density at radius 3 is 2.35 bits per heavy atom. The van der Waals surface area contributed by atoms with Crippen molar-refractivity contribution < 1.29 is 14.5 Å². The summed E-state index contributed by atoms with van der Waals surface area (Å²) in [6, 6.07) is 13.9. The molecule has 2 aromatic rings. The van der Waals surface area contributed by atoms with Crippen molar-refractivity contribution in [3.63, 3.8) is 0 Å². The second kappa shape index (κ2) is 8.22. The highest BCUT2D eigenvalue weighted by atomic mass is 79.9. The van der Waals surface area contributed by atoms with Crippen molar-refractivity contribution in [2.24, 2.45) is 0 Å². The summed E-state index contributed by atoms with van der Waals surface area (Å²) >= 11 is 3.43. The number of hydrogen-bond acceptors (Lipinski definition) is 1. The lowest BCUT2D eigenvalue weighted by molar-refractivity contribution is -0.713. The number of hydrogen-bond donors (Lipinski definition) is 2. The third-order valence-corrected chi connectivity index (χ3v) is 4.31. The van der Waals surface area contributed by atoms with E-state index >= 15 is 0 Å². The van der Waals surface area contributed by atoms with E-state index in [-0.39, 0.29) is 23.8 Å². The van der Waals surface area contributed by atoms with E-state index in [4.69, 9.17) is 0 Å². The number of halogens is 2. The van der Waals surface area contributed by atoms with Crippen LogP contribution in [-0.4, -0.2) is 11.9 Å². The lowest BCUT2D eigenvalue weighted by Crippen LogP contribution is -2.92. The molecule has 0 radical (unpaired) electrons. The van der Waals surface area contributed by atoms with Crippen molar-refractivity contribution in [3.8, 4) is 0 Å². The molecule has 23 heavy (non-hydrogen) atoms. The highest BCUT2D eigenvalue weighted by molar-refractivity contribution is 9.10. The topological polar surface area (TPSA) is 45.7 Å². The minimum Gasteiger partial charge on any atom is -0.330 e. The molecule has 0 saturated carbocycles. The Kier molecular flexibility index (Phi) is 6.30. The van der Waals surface area contributed by atoms with E-state index in [0.717, 1.165) is 10.9 Å². The summed E-state index contributed by atoms with van der Waals surface area (Å²) in [5.41, 5.74) is 1.80. The molecule has 0 bridgehead atoms. The number of quaternary nitrogens is 1. The summed E-state index contributed by atoms with van der Waals surface area (Å²) in [6.07, 6.45) is 0.926. The van der Waals surface area contributed by atoms with Crippen LogP contribution >= 0.6 is 15.9 Å². The van der Waals surface area contributed by atoms with Crippen LogP contribution in [0.2, 0.25) is 0 Å². The first kappa shape index (κ1) is 17.6. The average molecular weight is 380 g/mol. The van der Waals surface area contributed by atoms with Gasteiger partial charge in [-0.2, -0.15) is 0 Å². The van der Waals surface area contributed by atoms with Gasteiger partial charge in [0.15, 0.2) is 6.04 Å². The number of benzene rings is 2. The molecule has 2 rings (SSSR count). The second-order valence-corrected chi connectivity index (χ2v) is 6.46. The molecule has 0 fully saturated rings. The Hall–Kier alpha value is -1.72. The summed E-state index contributed by atoms with van der Waals surface area (Å²) < 4.78 is 13.9. The van der Waals surface area contributed by atoms with Gasteiger partial charge in [0, 0.05) is 22.1 Å². The zero-order chi connectivity index (χ0) is 16.8. The van der Waals surface area contributed by atoms with Gasteiger partial charge in [-0.15, -0.1) is 0 Å². The maximum atomic E-state index is 12.9. The Bertz CT molecular complexity index is 643. The van der Waals surface area contributed by atoms with Crippen molar-refractivity contribution in [1.29, 1.82) is 0 Å². The Morgan fingerprint density at radius 2 is 1.78 bits per heavy atom. The van der Waals surface area contributed by atoms with Crippen molar-refractivity contribution in [2.45, 2.75) is 32.4 Å². The molecule has 3 N–H and O–H groups in total. The Morgan fingerprint density at radius 1 is 1.17 bits per heavy atom. The van der Waals surface area contributed by atoms with Crippen molar-refractivity contribution in [1.82, 2.24) is 0 Å². The van der Waals surface area contributed by atoms with Crippen LogP contribution in [0, 0.1) is 5.82 Å². The number of amides is 1. The lowest BCUT2D eigenvalue weighted by Gasteiger charge is -2.19. The average Bonchev–Trinajstić information content (AvgIpc) is 2.55. The summed E-state index contributed by atoms with van der Waals surface area (Å²) in [5.74, 6) is -0.406. The standard InChI is InChI=1S/C18H20BrFN2O/c1-3-17(13-4-6-14(19)7-5-13)21-12(2)18(23)22-16-10-8-15(20)9-11-16/h4-12,17,21H,3H2,1-2H3,(H,22,23)/p+1/t12-,17+/m1/s1. The SMILES string of the molecule is CC[C@H]([NH2+][C@H](C)C(=O)Nc1ccc(F)cc1)c1ccc(Br)cc1. The van der Waals surface area contributed by atoms with Gasteiger partial charge < -0.3 is 10.6 Å². The first-order valence-electron chi connectivity index (χ1n) is 7.66. The minimum absolute atomic E-state index is 0.0906. The molecule has 0 aliphatic heterocycles. The fourth-order valence-corrected chi connectivity index (χ4v) is 2.68. The molecule has 0 heterocycles. The molecule has 5 heteroatoms. The van der Waals surface area contributed by atoms with E-state index < -0.39 is 0 Å². The van der Waals surface area contributed by atoms with Crippen LogP contribution < -0.4 is 10.6 Å². The number of rotatable bonds is 6. The number of carbonyl (C=O) groups excluding carboxylic acids is 1. The van der Waals surface area contributed by atoms with Crippen LogP contribution in [0.3, 0.4) is 0 Å². The van der Waals surface area contributed by atoms with Gasteiger partial charge >= 0.3 is 0 Å². The second-order valence-electron chi connectivity index (χ2n) is 5.54. The maximum absolute atomic E-state index is 12.9. The molecule has 3 nitrogen and oxygen atoms in total. The number of nitrogens with one attached hydrogen (secondary N) is 1. The van der Waals surface area contributed by atoms with E-state index in [2.05, 4.69) is 45.6 Å². The van der Waals surface area contributed by atoms with Gasteiger partial charge in [0.1, 0.15) is 11.9 Å². The van der Waals surface area contributed by atoms with Crippen LogP contribution in [0.25, 0.3) is 0 Å². The molecule has 0 aromatic heterocycles. The van der Waals surface area contributed by atoms with Crippen molar-refractivity contribution in [2.75, 3.05) is 5.32 Å². The van der Waals surface area contributed by atoms with E-state index in [0.29, 0.717) is 5.69 Å². The molecular weight excluding hydrogens is 359 g/mol. The number of anilines is 1. The molecule has 0 aliphatic carbocycles. The first-order valence-corrected chi connectivity index (χ1v) is 8.45. The van der Waals surface area contributed by atoms with Gasteiger partial charge in [-0.1, -0.05) is 35.0 Å². The van der Waals surface area contributed by atoms with Crippen LogP contribution in [0.1, 0.15) is 31.9 Å². The number of nitrogens with two attached hydrogens (primary N) is 1. The Balaban J connectivity index is 1.98. The predicted octanol–water partition coefficient (Wildman–Crippen LogP) is 3.63. The van der Waals surface area contributed by atoms with Crippen LogP contribution in [0.5, 0.6) is 0 Å². The third-order valence-electron chi connectivity index (χ3n) is 3.78. The smallest absolute Gasteiger partial charge is 0.282 e. The summed E-state index contributed by atoms with van der Waals surface area (Å²) in [5, 5.41) is 4.87. The largest absolute Gasteiger partial charge is 0.330 e. The van der Waals surface area contributed by atoms with E-state index in [1.54, 1.807) is 12.1 Å². The Labute approximate surface area is 144 Å². The minimum atomic E-state index is -0.316. The summed E-state index contributed by atoms with van der Waals surface area (Å²) in [7, 11) is 0. The predicted molar refractivity (Wildman–Crippen MR) is 93.6 cm³/mol. The first-order chi connectivity index (χ1) is 11.0. The summed E-state index contributed by atoms with van der Waals surface area (Å²) in [4.78, 5) is 12.3. The molecule has 0 saturated heterocycles. The molecule has 0 aliphatic rings. The highest BCUT2D eigenvalue weighted by Gasteiger charge is 2.22. The molecule has 1 amide bonds. The van der Waals surface area contributed by atoms with Crippen LogP contribution in [0.15, 0.2) is 53.0 Å². The van der Waals surface area contributed by atoms with Crippen LogP contribution in [0.4, 0.5) is 10.1 Å². The third kappa shape index (κ3) is 5.15. The molecule has 0 unspecified atom stereocenters. The fourth-order valence-electron chi connectivity index (χ4n) is 2.42. The van der Waals surface area contributed by atoms with Gasteiger partial charge in [-0.25, -0.2) is 4.39 Å². The molecule has 2 atom stereocenters. The normalized spacial score (nSPS) is 13.4. The molecule has 2 aromatic carbocycles. The van der Waals surface area contributed by atoms with Crippen molar-refractivity contribution >= 4 is 27.5 Å². The fraction of sp³-hybridized carbons (Fsp3) is 0.278. The van der Waals surface area contributed by atoms with Gasteiger partial charge in [0.05, 0.1) is 0 Å². The monoisotopic (exact) mass is 379 g/mol. The maximum Gasteiger partial charge on any atom is 0.282 e. The zero-order valence-corrected chi connectivity index (χ0v) is 14.8. The van der Waals surface area contributed by atoms with E-state index in [1.807, 2.05) is 19.1 Å². The van der Waals surface area contributed by atoms with Gasteiger partial charge in [-0.3, -0.25) is 4.79 Å². The molecule has 122 valence electrons. The zero-order valence-electron chi connectivity index (χ0n) is 13.2. The quantitative estimate of drug-likeness (QED) is 0.790. The van der Waals surface area contributed by atoms with E-state index in [1.165, 1.54) is 17.7 Å². The van der Waals surface area contributed by atoms with Gasteiger partial charge in [-0.05, 0) is 43.3 Å². The van der Waals surface area contributed by atoms with Gasteiger partial charge in [0.2, 0.25) is 0 Å².